The molecule has 0 aliphatic carbocycles. The molecule has 0 atom stereocenters. The Morgan fingerprint density at radius 2 is 1.85 bits per heavy atom. The number of carbonyl (C=O) groups excluding carboxylic acids is 3. The fourth-order valence-corrected chi connectivity index (χ4v) is 4.62. The van der Waals surface area contributed by atoms with E-state index >= 15 is 0 Å². The maximum Gasteiger partial charge on any atom is 0.373 e. The second-order valence-corrected chi connectivity index (χ2v) is 8.61. The van der Waals surface area contributed by atoms with E-state index in [1.807, 2.05) is 51.1 Å². The lowest BCUT2D eigenvalue weighted by atomic mass is 10.2. The number of aryl methyl sites for hydroxylation is 1. The first-order valence-corrected chi connectivity index (χ1v) is 11.5. The van der Waals surface area contributed by atoms with Crippen molar-refractivity contribution in [1.29, 1.82) is 0 Å². The summed E-state index contributed by atoms with van der Waals surface area (Å²) >= 11 is 0.880. The third-order valence-corrected chi connectivity index (χ3v) is 6.31. The normalized spacial score (nSPS) is 14.8. The molecule has 1 aliphatic heterocycles. The van der Waals surface area contributed by atoms with Crippen LogP contribution in [0.4, 0.5) is 4.79 Å². The van der Waals surface area contributed by atoms with Crippen LogP contribution in [0.15, 0.2) is 51.8 Å². The number of amides is 2. The van der Waals surface area contributed by atoms with Crippen molar-refractivity contribution in [2.24, 2.45) is 0 Å². The summed E-state index contributed by atoms with van der Waals surface area (Å²) in [5.41, 5.74) is 3.77. The number of esters is 1. The molecule has 9 heteroatoms. The predicted octanol–water partition coefficient (Wildman–Crippen LogP) is 5.11. The molecule has 4 rings (SSSR count). The van der Waals surface area contributed by atoms with Crippen LogP contribution < -0.4 is 4.74 Å². The number of thioether (sulfide) groups is 1. The lowest BCUT2D eigenvalue weighted by Gasteiger charge is -2.11. The highest BCUT2D eigenvalue weighted by Gasteiger charge is 2.36. The maximum atomic E-state index is 13.0. The van der Waals surface area contributed by atoms with Crippen LogP contribution in [0.5, 0.6) is 5.75 Å². The Kier molecular flexibility index (Phi) is 6.65. The molecule has 3 aromatic rings. The molecule has 8 nitrogen and oxygen atoms in total. The van der Waals surface area contributed by atoms with Gasteiger partial charge in [-0.1, -0.05) is 0 Å². The van der Waals surface area contributed by atoms with Crippen molar-refractivity contribution in [3.63, 3.8) is 0 Å². The second-order valence-electron chi connectivity index (χ2n) is 7.61. The lowest BCUT2D eigenvalue weighted by Crippen LogP contribution is -2.27. The molecule has 1 saturated heterocycles. The number of nitrogens with zero attached hydrogens (tertiary/aromatic N) is 2. The Morgan fingerprint density at radius 1 is 1.12 bits per heavy atom. The number of ether oxygens (including phenoxy) is 2. The molecule has 1 aliphatic rings. The molecular formula is C25H24N2O6S. The Hall–Kier alpha value is -3.72. The summed E-state index contributed by atoms with van der Waals surface area (Å²) in [7, 11) is 1.25. The van der Waals surface area contributed by atoms with Crippen molar-refractivity contribution < 1.29 is 28.3 Å². The van der Waals surface area contributed by atoms with Crippen molar-refractivity contribution >= 4 is 35.0 Å². The Balaban J connectivity index is 1.56. The topological polar surface area (TPSA) is 91.0 Å². The second kappa shape index (κ2) is 9.64. The van der Waals surface area contributed by atoms with Crippen molar-refractivity contribution in [3.05, 3.63) is 75.8 Å². The van der Waals surface area contributed by atoms with Gasteiger partial charge in [-0.3, -0.25) is 14.5 Å². The summed E-state index contributed by atoms with van der Waals surface area (Å²) in [5, 5.41) is -0.396. The van der Waals surface area contributed by atoms with E-state index in [1.54, 1.807) is 12.1 Å². The first kappa shape index (κ1) is 23.4. The number of aromatic nitrogens is 1. The number of rotatable bonds is 7. The van der Waals surface area contributed by atoms with Crippen molar-refractivity contribution in [1.82, 2.24) is 9.47 Å². The molecule has 0 bridgehead atoms. The number of hydrogen-bond acceptors (Lipinski definition) is 7. The number of hydrogen-bond donors (Lipinski definition) is 0. The molecule has 34 heavy (non-hydrogen) atoms. The monoisotopic (exact) mass is 480 g/mol. The quantitative estimate of drug-likeness (QED) is 0.343. The Bertz CT molecular complexity index is 1290. The number of imide groups is 1. The number of carbonyl (C=O) groups is 3. The van der Waals surface area contributed by atoms with Crippen LogP contribution in [0, 0.1) is 13.8 Å². The third-order valence-electron chi connectivity index (χ3n) is 5.40. The molecule has 1 fully saturated rings. The van der Waals surface area contributed by atoms with Gasteiger partial charge in [-0.05, 0) is 86.6 Å². The molecule has 176 valence electrons. The SMILES string of the molecule is CCOc1ccc(-n2c(C)cc(C=C3SC(=O)N(Cc4ccc(C(=O)OC)o4)C3=O)c2C)cc1. The average Bonchev–Trinajstić information content (AvgIpc) is 3.48. The highest BCUT2D eigenvalue weighted by atomic mass is 32.2. The fraction of sp³-hybridized carbons (Fsp3) is 0.240. The third kappa shape index (κ3) is 4.51. The van der Waals surface area contributed by atoms with Gasteiger partial charge in [-0.25, -0.2) is 4.79 Å². The van der Waals surface area contributed by atoms with Gasteiger partial charge in [-0.2, -0.15) is 0 Å². The molecule has 0 saturated carbocycles. The predicted molar refractivity (Wildman–Crippen MR) is 128 cm³/mol. The van der Waals surface area contributed by atoms with E-state index in [1.165, 1.54) is 13.2 Å². The molecule has 2 aromatic heterocycles. The van der Waals surface area contributed by atoms with E-state index in [4.69, 9.17) is 9.15 Å². The largest absolute Gasteiger partial charge is 0.494 e. The molecule has 0 radical (unpaired) electrons. The summed E-state index contributed by atoms with van der Waals surface area (Å²) in [6.07, 6.45) is 1.74. The van der Waals surface area contributed by atoms with Crippen LogP contribution >= 0.6 is 11.8 Å². The summed E-state index contributed by atoms with van der Waals surface area (Å²) in [5.74, 6) is 0.109. The maximum absolute atomic E-state index is 13.0. The average molecular weight is 481 g/mol. The number of benzene rings is 1. The smallest absolute Gasteiger partial charge is 0.373 e. The van der Waals surface area contributed by atoms with E-state index in [9.17, 15) is 14.4 Å². The van der Waals surface area contributed by atoms with Gasteiger partial charge in [0.2, 0.25) is 5.76 Å². The zero-order valence-electron chi connectivity index (χ0n) is 19.3. The number of furan rings is 1. The van der Waals surface area contributed by atoms with Crippen LogP contribution in [-0.4, -0.2) is 40.3 Å². The van der Waals surface area contributed by atoms with E-state index in [2.05, 4.69) is 9.30 Å². The standard InChI is InChI=1S/C25H24N2O6S/c1-5-32-19-8-6-18(7-9-19)27-15(2)12-17(16(27)3)13-22-23(28)26(25(30)34-22)14-20-10-11-21(33-20)24(29)31-4/h6-13H,5,14H2,1-4H3. The van der Waals surface area contributed by atoms with Crippen LogP contribution in [0.3, 0.4) is 0 Å². The lowest BCUT2D eigenvalue weighted by molar-refractivity contribution is -0.123. The van der Waals surface area contributed by atoms with Gasteiger partial charge >= 0.3 is 5.97 Å². The fourth-order valence-electron chi connectivity index (χ4n) is 3.80. The van der Waals surface area contributed by atoms with Gasteiger partial charge in [0.05, 0.1) is 25.2 Å². The minimum absolute atomic E-state index is 0.0155. The van der Waals surface area contributed by atoms with E-state index in [-0.39, 0.29) is 12.3 Å². The molecule has 0 N–H and O–H groups in total. The van der Waals surface area contributed by atoms with Gasteiger partial charge in [0.25, 0.3) is 11.1 Å². The van der Waals surface area contributed by atoms with Gasteiger partial charge in [0.15, 0.2) is 0 Å². The van der Waals surface area contributed by atoms with Gasteiger partial charge in [0, 0.05) is 17.1 Å². The molecule has 3 heterocycles. The summed E-state index contributed by atoms with van der Waals surface area (Å²) < 4.78 is 17.6. The molecule has 0 unspecified atom stereocenters. The highest BCUT2D eigenvalue weighted by Crippen LogP contribution is 2.35. The molecular weight excluding hydrogens is 456 g/mol. The van der Waals surface area contributed by atoms with Crippen molar-refractivity contribution in [2.75, 3.05) is 13.7 Å². The van der Waals surface area contributed by atoms with Crippen molar-refractivity contribution in [3.8, 4) is 11.4 Å². The summed E-state index contributed by atoms with van der Waals surface area (Å²) in [4.78, 5) is 38.5. The van der Waals surface area contributed by atoms with Gasteiger partial charge in [0.1, 0.15) is 11.5 Å². The van der Waals surface area contributed by atoms with E-state index in [0.717, 1.165) is 45.1 Å². The molecule has 2 amide bonds. The first-order chi connectivity index (χ1) is 16.3. The van der Waals surface area contributed by atoms with Crippen LogP contribution in [0.1, 0.15) is 40.2 Å². The minimum Gasteiger partial charge on any atom is -0.494 e. The number of methoxy groups -OCH3 is 1. The zero-order chi connectivity index (χ0) is 24.4. The van der Waals surface area contributed by atoms with Gasteiger partial charge in [-0.15, -0.1) is 0 Å². The van der Waals surface area contributed by atoms with Crippen LogP contribution in [0.2, 0.25) is 0 Å². The highest BCUT2D eigenvalue weighted by molar-refractivity contribution is 8.18. The van der Waals surface area contributed by atoms with E-state index in [0.29, 0.717) is 17.3 Å². The van der Waals surface area contributed by atoms with Crippen molar-refractivity contribution in [2.45, 2.75) is 27.3 Å². The van der Waals surface area contributed by atoms with E-state index < -0.39 is 17.1 Å². The summed E-state index contributed by atoms with van der Waals surface area (Å²) in [6.45, 7) is 6.44. The minimum atomic E-state index is -0.622. The van der Waals surface area contributed by atoms with Crippen LogP contribution in [-0.2, 0) is 16.1 Å². The van der Waals surface area contributed by atoms with Crippen LogP contribution in [0.25, 0.3) is 11.8 Å². The molecule has 0 spiro atoms. The van der Waals surface area contributed by atoms with Gasteiger partial charge < -0.3 is 18.5 Å². The molecule has 1 aromatic carbocycles. The Morgan fingerprint density at radius 3 is 2.53 bits per heavy atom. The first-order valence-electron chi connectivity index (χ1n) is 10.7. The Labute approximate surface area is 201 Å². The zero-order valence-corrected chi connectivity index (χ0v) is 20.1. The summed E-state index contributed by atoms with van der Waals surface area (Å²) in [6, 6.07) is 12.8.